The zero-order chi connectivity index (χ0) is 19.5. The van der Waals surface area contributed by atoms with Crippen LogP contribution < -0.4 is 4.90 Å². The topological polar surface area (TPSA) is 62.1 Å². The van der Waals surface area contributed by atoms with Crippen LogP contribution >= 0.6 is 11.6 Å². The number of nitrogens with zero attached hydrogens (tertiary/aromatic N) is 4. The van der Waals surface area contributed by atoms with Crippen molar-refractivity contribution in [2.45, 2.75) is 12.8 Å². The summed E-state index contributed by atoms with van der Waals surface area (Å²) >= 11 is 5.83. The molecule has 2 aromatic heterocycles. The molecule has 0 bridgehead atoms. The molecule has 1 aliphatic rings. The van der Waals surface area contributed by atoms with Crippen LogP contribution in [0.5, 0.6) is 0 Å². The number of aliphatic hydroxyl groups excluding tert-OH is 1. The first kappa shape index (κ1) is 18.8. The molecule has 0 atom stereocenters. The molecule has 4 rings (SSSR count). The van der Waals surface area contributed by atoms with Crippen LogP contribution in [0.3, 0.4) is 0 Å². The molecule has 0 unspecified atom stereocenters. The second-order valence-corrected chi connectivity index (χ2v) is 7.33. The Morgan fingerprint density at radius 2 is 1.93 bits per heavy atom. The summed E-state index contributed by atoms with van der Waals surface area (Å²) in [6.07, 6.45) is 5.23. The minimum Gasteiger partial charge on any atom is -0.396 e. The van der Waals surface area contributed by atoms with Gasteiger partial charge in [0.1, 0.15) is 11.6 Å². The van der Waals surface area contributed by atoms with Crippen LogP contribution in [0.25, 0.3) is 22.6 Å². The summed E-state index contributed by atoms with van der Waals surface area (Å²) < 4.78 is 14.0. The zero-order valence-electron chi connectivity index (χ0n) is 15.2. The maximum atomic E-state index is 14.0. The highest BCUT2D eigenvalue weighted by atomic mass is 35.5. The Labute approximate surface area is 167 Å². The van der Waals surface area contributed by atoms with Gasteiger partial charge in [-0.2, -0.15) is 0 Å². The van der Waals surface area contributed by atoms with E-state index in [0.29, 0.717) is 23.0 Å². The molecule has 1 saturated heterocycles. The van der Waals surface area contributed by atoms with E-state index < -0.39 is 5.82 Å². The van der Waals surface area contributed by atoms with E-state index >= 15 is 0 Å². The van der Waals surface area contributed by atoms with Gasteiger partial charge in [-0.05, 0) is 43.0 Å². The fourth-order valence-electron chi connectivity index (χ4n) is 3.37. The molecule has 7 heteroatoms. The highest BCUT2D eigenvalue weighted by Crippen LogP contribution is 2.30. The Bertz CT molecular complexity index is 962. The van der Waals surface area contributed by atoms with Gasteiger partial charge in [-0.1, -0.05) is 17.7 Å². The average Bonchev–Trinajstić information content (AvgIpc) is 2.76. The number of aromatic nitrogens is 3. The lowest BCUT2D eigenvalue weighted by Crippen LogP contribution is -2.35. The molecular formula is C21H20ClFN4O. The van der Waals surface area contributed by atoms with Crippen LogP contribution in [0, 0.1) is 11.7 Å². The fraction of sp³-hybridized carbons (Fsp3) is 0.286. The molecule has 3 aromatic rings. The molecule has 1 fully saturated rings. The molecule has 0 radical (unpaired) electrons. The summed E-state index contributed by atoms with van der Waals surface area (Å²) in [5, 5.41) is 9.46. The van der Waals surface area contributed by atoms with E-state index in [2.05, 4.69) is 14.9 Å². The van der Waals surface area contributed by atoms with Gasteiger partial charge in [0.05, 0.1) is 10.7 Å². The number of hydrogen-bond acceptors (Lipinski definition) is 5. The lowest BCUT2D eigenvalue weighted by atomic mass is 9.98. The normalized spacial score (nSPS) is 15.0. The second kappa shape index (κ2) is 8.20. The third kappa shape index (κ3) is 3.98. The first-order valence-electron chi connectivity index (χ1n) is 9.25. The molecule has 28 heavy (non-hydrogen) atoms. The van der Waals surface area contributed by atoms with E-state index in [1.807, 2.05) is 18.2 Å². The molecule has 0 spiro atoms. The van der Waals surface area contributed by atoms with Gasteiger partial charge in [-0.15, -0.1) is 0 Å². The summed E-state index contributed by atoms with van der Waals surface area (Å²) in [6, 6.07) is 10.3. The number of pyridine rings is 1. The van der Waals surface area contributed by atoms with Crippen molar-refractivity contribution in [2.75, 3.05) is 24.6 Å². The first-order valence-corrected chi connectivity index (χ1v) is 9.62. The maximum Gasteiger partial charge on any atom is 0.163 e. The van der Waals surface area contributed by atoms with Crippen LogP contribution in [-0.2, 0) is 0 Å². The standard InChI is InChI=1S/C21H20ClFN4O/c22-17-4-3-15(10-18(17)23)19-11-20(27-8-5-14(13-28)6-9-27)26-21(25-19)16-2-1-7-24-12-16/h1-4,7,10-12,14,28H,5-6,8-9,13H2. The number of benzene rings is 1. The SMILES string of the molecule is OCC1CCN(c2cc(-c3ccc(Cl)c(F)c3)nc(-c3cccnc3)n2)CC1. The summed E-state index contributed by atoms with van der Waals surface area (Å²) in [4.78, 5) is 15.7. The van der Waals surface area contributed by atoms with Crippen molar-refractivity contribution < 1.29 is 9.50 Å². The predicted molar refractivity (Wildman–Crippen MR) is 108 cm³/mol. The summed E-state index contributed by atoms with van der Waals surface area (Å²) in [6.45, 7) is 1.83. The van der Waals surface area contributed by atoms with E-state index in [1.54, 1.807) is 18.5 Å². The number of hydrogen-bond donors (Lipinski definition) is 1. The number of anilines is 1. The largest absolute Gasteiger partial charge is 0.396 e. The van der Waals surface area contributed by atoms with Gasteiger partial charge in [-0.25, -0.2) is 14.4 Å². The zero-order valence-corrected chi connectivity index (χ0v) is 16.0. The van der Waals surface area contributed by atoms with Gasteiger partial charge < -0.3 is 10.0 Å². The van der Waals surface area contributed by atoms with Crippen molar-refractivity contribution >= 4 is 17.4 Å². The van der Waals surface area contributed by atoms with E-state index in [0.717, 1.165) is 37.3 Å². The number of halogens is 2. The van der Waals surface area contributed by atoms with Crippen molar-refractivity contribution in [3.63, 3.8) is 0 Å². The molecule has 144 valence electrons. The van der Waals surface area contributed by atoms with Crippen molar-refractivity contribution in [2.24, 2.45) is 5.92 Å². The summed E-state index contributed by atoms with van der Waals surface area (Å²) in [7, 11) is 0. The molecule has 0 amide bonds. The Morgan fingerprint density at radius 1 is 1.11 bits per heavy atom. The van der Waals surface area contributed by atoms with Crippen LogP contribution in [-0.4, -0.2) is 39.8 Å². The maximum absolute atomic E-state index is 14.0. The van der Waals surface area contributed by atoms with Gasteiger partial charge in [0.25, 0.3) is 0 Å². The lowest BCUT2D eigenvalue weighted by molar-refractivity contribution is 0.203. The van der Waals surface area contributed by atoms with E-state index in [4.69, 9.17) is 16.6 Å². The van der Waals surface area contributed by atoms with Crippen LogP contribution in [0.2, 0.25) is 5.02 Å². The van der Waals surface area contributed by atoms with Crippen molar-refractivity contribution in [3.05, 3.63) is 59.6 Å². The molecule has 0 saturated carbocycles. The summed E-state index contributed by atoms with van der Waals surface area (Å²) in [5.41, 5.74) is 2.06. The Balaban J connectivity index is 1.76. The highest BCUT2D eigenvalue weighted by molar-refractivity contribution is 6.30. The smallest absolute Gasteiger partial charge is 0.163 e. The minimum atomic E-state index is -0.481. The predicted octanol–water partition coefficient (Wildman–Crippen LogP) is 4.21. The van der Waals surface area contributed by atoms with Gasteiger partial charge in [0.2, 0.25) is 0 Å². The van der Waals surface area contributed by atoms with Crippen LogP contribution in [0.1, 0.15) is 12.8 Å². The third-order valence-electron chi connectivity index (χ3n) is 5.04. The quantitative estimate of drug-likeness (QED) is 0.713. The monoisotopic (exact) mass is 398 g/mol. The molecule has 0 aliphatic carbocycles. The first-order chi connectivity index (χ1) is 13.6. The molecule has 3 heterocycles. The number of piperidine rings is 1. The summed E-state index contributed by atoms with van der Waals surface area (Å²) in [5.74, 6) is 1.18. The molecule has 1 aromatic carbocycles. The van der Waals surface area contributed by atoms with Crippen LogP contribution in [0.4, 0.5) is 10.2 Å². The van der Waals surface area contributed by atoms with E-state index in [-0.39, 0.29) is 11.6 Å². The lowest BCUT2D eigenvalue weighted by Gasteiger charge is -2.32. The number of aliphatic hydroxyl groups is 1. The van der Waals surface area contributed by atoms with Crippen molar-refractivity contribution in [3.8, 4) is 22.6 Å². The minimum absolute atomic E-state index is 0.0802. The second-order valence-electron chi connectivity index (χ2n) is 6.92. The Hall–Kier alpha value is -2.57. The van der Waals surface area contributed by atoms with Gasteiger partial charge in [0.15, 0.2) is 5.82 Å². The highest BCUT2D eigenvalue weighted by Gasteiger charge is 2.21. The average molecular weight is 399 g/mol. The number of rotatable bonds is 4. The van der Waals surface area contributed by atoms with E-state index in [9.17, 15) is 9.50 Å². The molecular weight excluding hydrogens is 379 g/mol. The van der Waals surface area contributed by atoms with E-state index in [1.165, 1.54) is 12.1 Å². The molecule has 5 nitrogen and oxygen atoms in total. The molecule has 1 N–H and O–H groups in total. The van der Waals surface area contributed by atoms with Crippen LogP contribution in [0.15, 0.2) is 48.8 Å². The van der Waals surface area contributed by atoms with Crippen molar-refractivity contribution in [1.29, 1.82) is 0 Å². The van der Waals surface area contributed by atoms with Crippen molar-refractivity contribution in [1.82, 2.24) is 15.0 Å². The molecule has 1 aliphatic heterocycles. The Kier molecular flexibility index (Phi) is 5.50. The third-order valence-corrected chi connectivity index (χ3v) is 5.35. The Morgan fingerprint density at radius 3 is 2.61 bits per heavy atom. The fourth-order valence-corrected chi connectivity index (χ4v) is 3.49. The van der Waals surface area contributed by atoms with Gasteiger partial charge >= 0.3 is 0 Å². The van der Waals surface area contributed by atoms with Gasteiger partial charge in [0, 0.05) is 49.3 Å². The van der Waals surface area contributed by atoms with Gasteiger partial charge in [-0.3, -0.25) is 4.98 Å².